The molecule has 0 aromatic heterocycles. The number of phenolic OH excluding ortho intramolecular Hbond substituents is 1. The van der Waals surface area contributed by atoms with Crippen LogP contribution in [-0.2, 0) is 15.8 Å². The normalized spacial score (nSPS) is 19.8. The number of benzene rings is 1. The molecule has 0 radical (unpaired) electrons. The van der Waals surface area contributed by atoms with Crippen molar-refractivity contribution in [2.75, 3.05) is 0 Å². The zero-order valence-corrected chi connectivity index (χ0v) is 13.3. The maximum atomic E-state index is 12.4. The van der Waals surface area contributed by atoms with Gasteiger partial charge < -0.3 is 25.1 Å². The Morgan fingerprint density at radius 3 is 2.29 bits per heavy atom. The van der Waals surface area contributed by atoms with E-state index < -0.39 is 36.7 Å². The Morgan fingerprint density at radius 1 is 1.08 bits per heavy atom. The topological polar surface area (TPSA) is 148 Å². The Morgan fingerprint density at radius 2 is 1.71 bits per heavy atom. The van der Waals surface area contributed by atoms with Crippen LogP contribution in [0.4, 0.5) is 0 Å². The zero-order chi connectivity index (χ0) is 17.9. The van der Waals surface area contributed by atoms with Crippen molar-refractivity contribution in [3.05, 3.63) is 53.5 Å². The van der Waals surface area contributed by atoms with Crippen molar-refractivity contribution in [1.82, 2.24) is 0 Å². The van der Waals surface area contributed by atoms with Gasteiger partial charge in [0.25, 0.3) is 0 Å². The fraction of sp³-hybridized carbons (Fsp3) is 0.200. The molecule has 0 bridgehead atoms. The number of aliphatic hydroxyl groups excluding tert-OH is 2. The number of hydrogen-bond acceptors (Lipinski definition) is 5. The smallest absolute Gasteiger partial charge is 0.448 e. The number of hydrogen-bond donors (Lipinski definition) is 5. The van der Waals surface area contributed by atoms with Gasteiger partial charge in [-0.15, -0.1) is 0 Å². The summed E-state index contributed by atoms with van der Waals surface area (Å²) in [5, 5.41) is 28.5. The number of aromatic hydroxyl groups is 1. The van der Waals surface area contributed by atoms with Crippen molar-refractivity contribution < 1.29 is 34.5 Å². The first-order chi connectivity index (χ1) is 11.2. The van der Waals surface area contributed by atoms with Crippen LogP contribution < -0.4 is 0 Å². The molecule has 1 aliphatic rings. The maximum Gasteiger partial charge on any atom is 0.448 e. The molecule has 0 amide bonds. The van der Waals surface area contributed by atoms with E-state index in [4.69, 9.17) is 9.79 Å². The molecule has 1 aromatic carbocycles. The van der Waals surface area contributed by atoms with Gasteiger partial charge in [0.1, 0.15) is 29.0 Å². The minimum Gasteiger partial charge on any atom is -0.511 e. The van der Waals surface area contributed by atoms with Gasteiger partial charge in [-0.2, -0.15) is 4.76 Å². The number of allylic oxidation sites excluding steroid dienone is 3. The maximum absolute atomic E-state index is 12.4. The Kier molecular flexibility index (Phi) is 5.23. The lowest BCUT2D eigenvalue weighted by molar-refractivity contribution is -0.120. The van der Waals surface area contributed by atoms with Crippen molar-refractivity contribution in [2.45, 2.75) is 12.8 Å². The molecule has 1 aliphatic carbocycles. The lowest BCUT2D eigenvalue weighted by Gasteiger charge is -2.19. The third kappa shape index (κ3) is 4.79. The Bertz CT molecular complexity index is 774. The van der Waals surface area contributed by atoms with Crippen LogP contribution >= 0.6 is 7.75 Å². The molecule has 1 atom stereocenters. The van der Waals surface area contributed by atoms with E-state index in [1.165, 1.54) is 12.1 Å². The Hall–Kier alpha value is -2.41. The predicted molar refractivity (Wildman–Crippen MR) is 85.8 cm³/mol. The SMILES string of the molecule is O=C(CCc1ccc(O)cc1)C1C(O)=CC(O)=CC1=NP(=O)(O)O. The second-order valence-corrected chi connectivity index (χ2v) is 6.47. The van der Waals surface area contributed by atoms with Crippen LogP contribution in [0.5, 0.6) is 5.75 Å². The minimum absolute atomic E-state index is 0.0257. The first-order valence-electron chi connectivity index (χ1n) is 6.93. The molecule has 0 spiro atoms. The van der Waals surface area contributed by atoms with Crippen molar-refractivity contribution in [2.24, 2.45) is 10.7 Å². The summed E-state index contributed by atoms with van der Waals surface area (Å²) in [7, 11) is -4.83. The third-order valence-corrected chi connectivity index (χ3v) is 3.84. The van der Waals surface area contributed by atoms with Gasteiger partial charge in [-0.25, -0.2) is 4.57 Å². The van der Waals surface area contributed by atoms with Crippen LogP contribution in [-0.4, -0.2) is 36.6 Å². The van der Waals surface area contributed by atoms with E-state index in [-0.39, 0.29) is 12.2 Å². The predicted octanol–water partition coefficient (Wildman–Crippen LogP) is 1.94. The number of aryl methyl sites for hydroxylation is 1. The second kappa shape index (κ2) is 7.00. The van der Waals surface area contributed by atoms with Crippen LogP contribution in [0.2, 0.25) is 0 Å². The molecule has 0 heterocycles. The van der Waals surface area contributed by atoms with Gasteiger partial charge in [-0.3, -0.25) is 4.79 Å². The molecule has 0 saturated heterocycles. The van der Waals surface area contributed by atoms with Crippen LogP contribution in [0.3, 0.4) is 0 Å². The second-order valence-electron chi connectivity index (χ2n) is 5.24. The number of carbonyl (C=O) groups excluding carboxylic acids is 1. The summed E-state index contributed by atoms with van der Waals surface area (Å²) in [6.45, 7) is 0. The monoisotopic (exact) mass is 353 g/mol. The molecule has 0 saturated carbocycles. The number of Topliss-reactive ketones (excluding diaryl/α,β-unsaturated/α-hetero) is 1. The summed E-state index contributed by atoms with van der Waals surface area (Å²) in [6, 6.07) is 6.21. The van der Waals surface area contributed by atoms with Crippen molar-refractivity contribution in [1.29, 1.82) is 0 Å². The van der Waals surface area contributed by atoms with E-state index in [1.807, 2.05) is 0 Å². The lowest BCUT2D eigenvalue weighted by Crippen LogP contribution is -2.28. The van der Waals surface area contributed by atoms with E-state index in [2.05, 4.69) is 4.76 Å². The molecule has 8 nitrogen and oxygen atoms in total. The average molecular weight is 353 g/mol. The molecule has 1 unspecified atom stereocenters. The Balaban J connectivity index is 2.19. The van der Waals surface area contributed by atoms with Crippen LogP contribution in [0.1, 0.15) is 12.0 Å². The summed E-state index contributed by atoms with van der Waals surface area (Å²) < 4.78 is 14.2. The van der Waals surface area contributed by atoms with Gasteiger partial charge in [0.15, 0.2) is 0 Å². The fourth-order valence-electron chi connectivity index (χ4n) is 2.30. The third-order valence-electron chi connectivity index (χ3n) is 3.35. The van der Waals surface area contributed by atoms with Crippen molar-refractivity contribution in [3.8, 4) is 5.75 Å². The first kappa shape index (κ1) is 17.9. The number of aliphatic hydroxyl groups is 2. The van der Waals surface area contributed by atoms with Gasteiger partial charge in [0.05, 0.1) is 5.71 Å². The highest BCUT2D eigenvalue weighted by Gasteiger charge is 2.32. The summed E-state index contributed by atoms with van der Waals surface area (Å²) >= 11 is 0. The van der Waals surface area contributed by atoms with E-state index >= 15 is 0 Å². The quantitative estimate of drug-likeness (QED) is 0.508. The van der Waals surface area contributed by atoms with Crippen molar-refractivity contribution in [3.63, 3.8) is 0 Å². The number of nitrogens with zero attached hydrogens (tertiary/aromatic N) is 1. The molecule has 5 N–H and O–H groups in total. The standard InChI is InChI=1S/C15H16NO7P/c17-10-4-1-9(2-5-10)3-6-13(19)15-12(16-24(21,22)23)7-11(18)8-14(15)20/h1-2,4-5,7-8,15,17-18,20H,3,6H2,(H2,21,22,23). The summed E-state index contributed by atoms with van der Waals surface area (Å²) in [6.07, 6.45) is 2.15. The number of ketones is 1. The Labute approximate surface area is 137 Å². The van der Waals surface area contributed by atoms with Crippen LogP contribution in [0, 0.1) is 5.92 Å². The highest BCUT2D eigenvalue weighted by molar-refractivity contribution is 7.50. The molecule has 0 fully saturated rings. The van der Waals surface area contributed by atoms with Crippen LogP contribution in [0.25, 0.3) is 0 Å². The molecular weight excluding hydrogens is 337 g/mol. The molecule has 128 valence electrons. The minimum atomic E-state index is -4.83. The molecule has 0 aliphatic heterocycles. The van der Waals surface area contributed by atoms with E-state index in [1.54, 1.807) is 12.1 Å². The van der Waals surface area contributed by atoms with Gasteiger partial charge in [-0.05, 0) is 24.1 Å². The zero-order valence-electron chi connectivity index (χ0n) is 12.4. The highest BCUT2D eigenvalue weighted by atomic mass is 31.2. The molecule has 24 heavy (non-hydrogen) atoms. The number of phenols is 1. The van der Waals surface area contributed by atoms with Gasteiger partial charge in [0, 0.05) is 18.6 Å². The summed E-state index contributed by atoms with van der Waals surface area (Å²) in [5.41, 5.74) is 0.379. The number of rotatable bonds is 5. The molecular formula is C15H16NO7P. The van der Waals surface area contributed by atoms with E-state index in [0.29, 0.717) is 6.42 Å². The molecule has 9 heteroatoms. The van der Waals surface area contributed by atoms with Gasteiger partial charge in [0.2, 0.25) is 0 Å². The lowest BCUT2D eigenvalue weighted by atomic mass is 9.88. The van der Waals surface area contributed by atoms with E-state index in [9.17, 15) is 24.7 Å². The molecule has 2 rings (SSSR count). The van der Waals surface area contributed by atoms with Crippen molar-refractivity contribution >= 4 is 19.2 Å². The molecule has 1 aromatic rings. The van der Waals surface area contributed by atoms with Gasteiger partial charge >= 0.3 is 7.75 Å². The van der Waals surface area contributed by atoms with Crippen LogP contribution in [0.15, 0.2) is 52.7 Å². The number of carbonyl (C=O) groups is 1. The fourth-order valence-corrected chi connectivity index (χ4v) is 2.78. The summed E-state index contributed by atoms with van der Waals surface area (Å²) in [5.74, 6) is -2.74. The highest BCUT2D eigenvalue weighted by Crippen LogP contribution is 2.38. The largest absolute Gasteiger partial charge is 0.511 e. The first-order valence-corrected chi connectivity index (χ1v) is 8.50. The average Bonchev–Trinajstić information content (AvgIpc) is 2.44. The van der Waals surface area contributed by atoms with E-state index in [0.717, 1.165) is 17.7 Å². The van der Waals surface area contributed by atoms with Gasteiger partial charge in [-0.1, -0.05) is 12.1 Å². The summed E-state index contributed by atoms with van der Waals surface area (Å²) in [4.78, 5) is 30.3.